The molecule has 0 saturated carbocycles. The molecule has 4 heteroatoms. The number of rotatable bonds is 0. The minimum atomic E-state index is 0.635. The van der Waals surface area contributed by atoms with E-state index >= 15 is 0 Å². The van der Waals surface area contributed by atoms with Gasteiger partial charge in [0.25, 0.3) is 0 Å². The van der Waals surface area contributed by atoms with Crippen molar-refractivity contribution in [1.82, 2.24) is 0 Å². The van der Waals surface area contributed by atoms with E-state index in [1.165, 1.54) is 0 Å². The summed E-state index contributed by atoms with van der Waals surface area (Å²) in [6, 6.07) is 0. The van der Waals surface area contributed by atoms with Gasteiger partial charge in [-0.15, -0.1) is 0 Å². The Hall–Kier alpha value is 2.26. The average Bonchev–Trinajstić information content (AvgIpc) is 1.46. The molecule has 0 rings (SSSR count). The second kappa shape index (κ2) is 16.3. The molecule has 0 unspecified atom stereocenters. The van der Waals surface area contributed by atoms with Crippen molar-refractivity contribution in [2.45, 2.75) is 5.82 Å². The Morgan fingerprint density at radius 2 is 1.60 bits per heavy atom. The fourth-order valence-corrected chi connectivity index (χ4v) is 0. The van der Waals surface area contributed by atoms with Crippen LogP contribution in [0.1, 0.15) is 0 Å². The van der Waals surface area contributed by atoms with Crippen molar-refractivity contribution >= 4 is 0 Å². The molecule has 0 aliphatic rings. The summed E-state index contributed by atoms with van der Waals surface area (Å²) in [6.45, 7) is 0. The van der Waals surface area contributed by atoms with Crippen LogP contribution in [-0.4, -0.2) is 0 Å². The first-order chi connectivity index (χ1) is 2.41. The molecule has 0 spiro atoms. The second-order valence-electron chi connectivity index (χ2n) is 0.0589. The van der Waals surface area contributed by atoms with Gasteiger partial charge in [0.05, 0.1) is 0 Å². The molecule has 0 amide bonds. The predicted molar refractivity (Wildman–Crippen MR) is 5.86 cm³/mol. The molecule has 0 aliphatic carbocycles. The van der Waals surface area contributed by atoms with Crippen LogP contribution in [-0.2, 0) is 58.5 Å². The fraction of sp³-hybridized carbons (Fsp3) is 1.00. The van der Waals surface area contributed by atoms with Gasteiger partial charge >= 0.3 is 64.3 Å². The van der Waals surface area contributed by atoms with Crippen LogP contribution in [0.4, 0.5) is 0 Å². The van der Waals surface area contributed by atoms with Gasteiger partial charge in [-0.2, -0.15) is 0 Å². The molecule has 0 aromatic rings. The molecule has 5 heavy (non-hydrogen) atoms. The molecule has 0 aromatic carbocycles. The first-order valence-electron chi connectivity index (χ1n) is 0.665. The van der Waals surface area contributed by atoms with Gasteiger partial charge in [-0.05, 0) is 0 Å². The number of hydrogen-bond acceptors (Lipinski definition) is 0. The van der Waals surface area contributed by atoms with Gasteiger partial charge in [-0.1, -0.05) is 0 Å². The Morgan fingerprint density at radius 3 is 1.60 bits per heavy atom. The Balaban J connectivity index is 0. The third-order valence-corrected chi connectivity index (χ3v) is 0. The van der Waals surface area contributed by atoms with Crippen LogP contribution in [0.15, 0.2) is 0 Å². The van der Waals surface area contributed by atoms with Gasteiger partial charge in [0.15, 0.2) is 0 Å². The van der Waals surface area contributed by atoms with Gasteiger partial charge in [0.2, 0.25) is 0 Å². The molecule has 0 atom stereocenters. The van der Waals surface area contributed by atoms with Crippen molar-refractivity contribution < 1.29 is 58.5 Å². The molecule has 0 heterocycles. The summed E-state index contributed by atoms with van der Waals surface area (Å²) in [5.74, 6) is 1.75. The van der Waals surface area contributed by atoms with Crippen molar-refractivity contribution in [2.24, 2.45) is 0 Å². The van der Waals surface area contributed by atoms with Crippen LogP contribution in [0.2, 0.25) is 5.82 Å². The molecule has 0 nitrogen and oxygen atoms in total. The molecular weight excluding hydrogens is 272 g/mol. The van der Waals surface area contributed by atoms with E-state index in [-0.39, 0.29) is 0 Å². The molecule has 0 bridgehead atoms. The van der Waals surface area contributed by atoms with E-state index < -0.39 is 0 Å². The summed E-state index contributed by atoms with van der Waals surface area (Å²) in [5.41, 5.74) is 0. The minimum absolute atomic E-state index is 0.635. The van der Waals surface area contributed by atoms with E-state index in [0.717, 1.165) is 0 Å². The first-order valence-corrected chi connectivity index (χ1v) is 7.98. The zero-order valence-corrected chi connectivity index (χ0v) is 8.01. The van der Waals surface area contributed by atoms with Crippen molar-refractivity contribution in [3.63, 3.8) is 0 Å². The van der Waals surface area contributed by atoms with Crippen molar-refractivity contribution in [3.8, 4) is 0 Å². The zero-order valence-electron chi connectivity index (χ0n) is 2.52. The third-order valence-electron chi connectivity index (χ3n) is 0. The first kappa shape index (κ1) is 10.3. The average molecular weight is 275 g/mol. The summed E-state index contributed by atoms with van der Waals surface area (Å²) < 4.78 is 0. The van der Waals surface area contributed by atoms with Gasteiger partial charge in [-0.3, -0.25) is 0 Å². The van der Waals surface area contributed by atoms with Crippen LogP contribution in [0.5, 0.6) is 0 Å². The van der Waals surface area contributed by atoms with E-state index in [4.69, 9.17) is 0 Å². The Labute approximate surface area is 63.5 Å². The molecular formula is CH3CrFe2Mo. The van der Waals surface area contributed by atoms with Crippen molar-refractivity contribution in [2.75, 3.05) is 0 Å². The molecule has 0 saturated heterocycles. The molecule has 35 valence electrons. The summed E-state index contributed by atoms with van der Waals surface area (Å²) in [6.07, 6.45) is 0. The van der Waals surface area contributed by atoms with Crippen molar-refractivity contribution in [1.29, 1.82) is 0 Å². The van der Waals surface area contributed by atoms with Crippen molar-refractivity contribution in [3.05, 3.63) is 0 Å². The summed E-state index contributed by atoms with van der Waals surface area (Å²) in [5, 5.41) is 0. The molecule has 0 aromatic heterocycles. The fourth-order valence-electron chi connectivity index (χ4n) is 0. The van der Waals surface area contributed by atoms with E-state index in [0.29, 0.717) is 10.7 Å². The van der Waals surface area contributed by atoms with Gasteiger partial charge in [0, 0.05) is 0 Å². The monoisotopic (exact) mass is 277 g/mol. The zero-order chi connectivity index (χ0) is 4.71. The Bertz CT molecular complexity index is 9.61. The Morgan fingerprint density at radius 1 is 1.60 bits per heavy atom. The maximum absolute atomic E-state index is 3.55. The molecule has 0 fully saturated rings. The van der Waals surface area contributed by atoms with Gasteiger partial charge in [0.1, 0.15) is 0 Å². The maximum atomic E-state index is 3.55. The van der Waals surface area contributed by atoms with Crippen LogP contribution in [0.25, 0.3) is 0 Å². The van der Waals surface area contributed by atoms with Crippen LogP contribution in [0, 0.1) is 0 Å². The van der Waals surface area contributed by atoms with E-state index in [1.54, 1.807) is 5.82 Å². The summed E-state index contributed by atoms with van der Waals surface area (Å²) in [7, 11) is 0.635. The van der Waals surface area contributed by atoms with E-state index in [2.05, 4.69) is 30.1 Å². The van der Waals surface area contributed by atoms with Crippen LogP contribution >= 0.6 is 0 Å². The van der Waals surface area contributed by atoms with E-state index in [9.17, 15) is 0 Å². The standard InChI is InChI=1S/CH3.Cr.2Fe.Mo/h1H3;;;;. The van der Waals surface area contributed by atoms with Gasteiger partial charge in [-0.25, -0.2) is 0 Å². The normalized spacial score (nSPS) is 4.60. The van der Waals surface area contributed by atoms with Gasteiger partial charge < -0.3 is 0 Å². The summed E-state index contributed by atoms with van der Waals surface area (Å²) >= 11 is 8.82. The number of hydrogen-bond donors (Lipinski definition) is 0. The van der Waals surface area contributed by atoms with E-state index in [1.807, 2.05) is 17.7 Å². The SMILES string of the molecule is [CH3][Fe].[Fe][Cr][Mo]. The van der Waals surface area contributed by atoms with Crippen LogP contribution < -0.4 is 0 Å². The molecule has 0 radical (unpaired) electrons. The van der Waals surface area contributed by atoms with Crippen LogP contribution in [0.3, 0.4) is 0 Å². The summed E-state index contributed by atoms with van der Waals surface area (Å²) in [4.78, 5) is 0. The predicted octanol–water partition coefficient (Wildman–Crippen LogP) is 0.574. The topological polar surface area (TPSA) is 0 Å². The third kappa shape index (κ3) is 22.2. The molecule has 0 N–H and O–H groups in total. The molecule has 0 aliphatic heterocycles. The quantitative estimate of drug-likeness (QED) is 0.567. The Kier molecular flexibility index (Phi) is 33.5. The second-order valence-corrected chi connectivity index (χ2v) is 5.93.